The first kappa shape index (κ1) is 17.6. The van der Waals surface area contributed by atoms with E-state index in [-0.39, 0.29) is 5.56 Å². The number of nitriles is 1. The molecule has 138 valence electrons. The van der Waals surface area contributed by atoms with E-state index in [0.717, 1.165) is 29.3 Å². The van der Waals surface area contributed by atoms with E-state index in [1.54, 1.807) is 36.5 Å². The molecule has 0 aliphatic carbocycles. The summed E-state index contributed by atoms with van der Waals surface area (Å²) in [5.41, 5.74) is 2.65. The summed E-state index contributed by atoms with van der Waals surface area (Å²) in [6.07, 6.45) is 1.43. The lowest BCUT2D eigenvalue weighted by Crippen LogP contribution is -2.20. The fourth-order valence-electron chi connectivity index (χ4n) is 3.18. The van der Waals surface area contributed by atoms with Crippen LogP contribution in [0.4, 0.5) is 13.6 Å². The van der Waals surface area contributed by atoms with E-state index in [0.29, 0.717) is 11.1 Å². The lowest BCUT2D eigenvalue weighted by Gasteiger charge is -2.18. The molecule has 2 atom stereocenters. The maximum atomic E-state index is 14.2. The molecule has 7 heteroatoms. The van der Waals surface area contributed by atoms with Crippen LogP contribution in [-0.4, -0.2) is 11.1 Å². The fraction of sp³-hybridized carbons (Fsp3) is 0.0952. The number of benzene rings is 2. The van der Waals surface area contributed by atoms with Crippen molar-refractivity contribution in [3.8, 4) is 17.2 Å². The molecule has 1 aromatic heterocycles. The van der Waals surface area contributed by atoms with Gasteiger partial charge in [0.1, 0.15) is 17.7 Å². The predicted octanol–water partition coefficient (Wildman–Crippen LogP) is 4.42. The lowest BCUT2D eigenvalue weighted by molar-refractivity contribution is 0.130. The van der Waals surface area contributed by atoms with Gasteiger partial charge < -0.3 is 10.1 Å². The van der Waals surface area contributed by atoms with Gasteiger partial charge in [0.25, 0.3) is 0 Å². The Morgan fingerprint density at radius 2 is 1.82 bits per heavy atom. The topological polar surface area (TPSA) is 75.0 Å². The molecule has 0 spiro atoms. The molecule has 0 bridgehead atoms. The van der Waals surface area contributed by atoms with Gasteiger partial charge in [-0.15, -0.1) is 0 Å². The molecule has 1 amide bonds. The summed E-state index contributed by atoms with van der Waals surface area (Å²) in [4.78, 5) is 16.0. The molecule has 1 saturated heterocycles. The number of nitrogens with zero attached hydrogens (tertiary/aromatic N) is 2. The van der Waals surface area contributed by atoms with Crippen LogP contribution in [0.1, 0.15) is 28.8 Å². The average Bonchev–Trinajstić information content (AvgIpc) is 3.11. The first-order valence-electron chi connectivity index (χ1n) is 8.43. The number of carbonyl (C=O) groups is 1. The Kier molecular flexibility index (Phi) is 4.45. The number of aromatic nitrogens is 1. The third kappa shape index (κ3) is 3.28. The summed E-state index contributed by atoms with van der Waals surface area (Å²) in [6.45, 7) is 0. The molecule has 2 heterocycles. The number of amides is 1. The van der Waals surface area contributed by atoms with Crippen LogP contribution >= 0.6 is 0 Å². The quantitative estimate of drug-likeness (QED) is 0.733. The SMILES string of the molecule is N#Cc1ccc(-c2cncc([C@H]3NC(=O)OC3c3cc(F)ccc3F)c2)cc1. The van der Waals surface area contributed by atoms with Gasteiger partial charge in [0, 0.05) is 23.5 Å². The van der Waals surface area contributed by atoms with Crippen molar-refractivity contribution in [2.24, 2.45) is 0 Å². The number of halogens is 2. The van der Waals surface area contributed by atoms with E-state index in [2.05, 4.69) is 16.4 Å². The lowest BCUT2D eigenvalue weighted by atomic mass is 9.95. The smallest absolute Gasteiger partial charge is 0.408 e. The van der Waals surface area contributed by atoms with E-state index >= 15 is 0 Å². The van der Waals surface area contributed by atoms with Crippen LogP contribution in [0.25, 0.3) is 11.1 Å². The molecule has 0 saturated carbocycles. The van der Waals surface area contributed by atoms with Gasteiger partial charge in [0.05, 0.1) is 11.6 Å². The monoisotopic (exact) mass is 377 g/mol. The summed E-state index contributed by atoms with van der Waals surface area (Å²) in [6, 6.07) is 13.1. The highest BCUT2D eigenvalue weighted by atomic mass is 19.1. The summed E-state index contributed by atoms with van der Waals surface area (Å²) >= 11 is 0. The van der Waals surface area contributed by atoms with Crippen LogP contribution in [0, 0.1) is 23.0 Å². The van der Waals surface area contributed by atoms with Crippen LogP contribution in [-0.2, 0) is 4.74 Å². The van der Waals surface area contributed by atoms with Gasteiger partial charge >= 0.3 is 6.09 Å². The minimum absolute atomic E-state index is 0.0490. The van der Waals surface area contributed by atoms with Crippen molar-refractivity contribution < 1.29 is 18.3 Å². The van der Waals surface area contributed by atoms with Crippen molar-refractivity contribution in [1.82, 2.24) is 10.3 Å². The molecule has 1 aliphatic heterocycles. The molecule has 1 fully saturated rings. The van der Waals surface area contributed by atoms with Crippen molar-refractivity contribution in [3.63, 3.8) is 0 Å². The van der Waals surface area contributed by atoms with Crippen molar-refractivity contribution in [3.05, 3.63) is 89.2 Å². The summed E-state index contributed by atoms with van der Waals surface area (Å²) in [5.74, 6) is -1.29. The number of carbonyl (C=O) groups excluding carboxylic acids is 1. The molecule has 3 aromatic rings. The maximum Gasteiger partial charge on any atom is 0.408 e. The molecule has 1 N–H and O–H groups in total. The number of nitrogens with one attached hydrogen (secondary N) is 1. The number of cyclic esters (lactones) is 1. The van der Waals surface area contributed by atoms with Gasteiger partial charge in [0.2, 0.25) is 0 Å². The Balaban J connectivity index is 1.71. The van der Waals surface area contributed by atoms with Crippen molar-refractivity contribution in [1.29, 1.82) is 5.26 Å². The Bertz CT molecular complexity index is 1090. The average molecular weight is 377 g/mol. The molecular formula is C21H13F2N3O2. The zero-order chi connectivity index (χ0) is 19.7. The number of ether oxygens (including phenoxy) is 1. The molecule has 2 aromatic carbocycles. The first-order chi connectivity index (χ1) is 13.5. The third-order valence-corrected chi connectivity index (χ3v) is 4.54. The van der Waals surface area contributed by atoms with Gasteiger partial charge in [-0.1, -0.05) is 12.1 Å². The number of rotatable bonds is 3. The van der Waals surface area contributed by atoms with Crippen molar-refractivity contribution in [2.75, 3.05) is 0 Å². The van der Waals surface area contributed by atoms with E-state index in [4.69, 9.17) is 10.00 Å². The molecule has 0 radical (unpaired) electrons. The highest BCUT2D eigenvalue weighted by Crippen LogP contribution is 2.38. The van der Waals surface area contributed by atoms with Crippen molar-refractivity contribution in [2.45, 2.75) is 12.1 Å². The van der Waals surface area contributed by atoms with E-state index in [1.807, 2.05) is 0 Å². The molecule has 5 nitrogen and oxygen atoms in total. The Morgan fingerprint density at radius 1 is 1.04 bits per heavy atom. The van der Waals surface area contributed by atoms with Gasteiger partial charge in [-0.2, -0.15) is 5.26 Å². The normalized spacial score (nSPS) is 18.2. The molecule has 28 heavy (non-hydrogen) atoms. The molecule has 1 unspecified atom stereocenters. The summed E-state index contributed by atoms with van der Waals surface area (Å²) < 4.78 is 33.0. The summed E-state index contributed by atoms with van der Waals surface area (Å²) in [5, 5.41) is 11.5. The zero-order valence-corrected chi connectivity index (χ0v) is 14.4. The highest BCUT2D eigenvalue weighted by molar-refractivity contribution is 5.72. The largest absolute Gasteiger partial charge is 0.439 e. The molecule has 4 rings (SSSR count). The third-order valence-electron chi connectivity index (χ3n) is 4.54. The number of hydrogen-bond acceptors (Lipinski definition) is 4. The highest BCUT2D eigenvalue weighted by Gasteiger charge is 2.38. The molecule has 1 aliphatic rings. The second-order valence-corrected chi connectivity index (χ2v) is 6.31. The van der Waals surface area contributed by atoms with Crippen LogP contribution in [0.5, 0.6) is 0 Å². The Morgan fingerprint density at radius 3 is 2.57 bits per heavy atom. The standard InChI is InChI=1S/C21H13F2N3O2/c22-16-5-6-18(23)17(8-16)20-19(26-21(27)28-20)15-7-14(10-25-11-15)13-3-1-12(9-24)2-4-13/h1-8,10-11,19-20H,(H,26,27)/t19-,20?/m1/s1. The van der Waals surface area contributed by atoms with Crippen molar-refractivity contribution >= 4 is 6.09 Å². The fourth-order valence-corrected chi connectivity index (χ4v) is 3.18. The second kappa shape index (κ2) is 7.08. The molecular weight excluding hydrogens is 364 g/mol. The predicted molar refractivity (Wildman–Crippen MR) is 95.8 cm³/mol. The number of pyridine rings is 1. The van der Waals surface area contributed by atoms with Crippen LogP contribution < -0.4 is 5.32 Å². The van der Waals surface area contributed by atoms with Crippen LogP contribution in [0.2, 0.25) is 0 Å². The number of hydrogen-bond donors (Lipinski definition) is 1. The van der Waals surface area contributed by atoms with E-state index in [1.165, 1.54) is 6.20 Å². The second-order valence-electron chi connectivity index (χ2n) is 6.31. The van der Waals surface area contributed by atoms with Gasteiger partial charge in [-0.25, -0.2) is 13.6 Å². The van der Waals surface area contributed by atoms with Gasteiger partial charge in [-0.3, -0.25) is 4.98 Å². The van der Waals surface area contributed by atoms with Crippen LogP contribution in [0.3, 0.4) is 0 Å². The first-order valence-corrected chi connectivity index (χ1v) is 8.43. The maximum absolute atomic E-state index is 14.2. The van der Waals surface area contributed by atoms with E-state index < -0.39 is 29.9 Å². The van der Waals surface area contributed by atoms with Gasteiger partial charge in [0.15, 0.2) is 6.10 Å². The zero-order valence-electron chi connectivity index (χ0n) is 14.4. The number of alkyl carbamates (subject to hydrolysis) is 1. The minimum Gasteiger partial charge on any atom is -0.439 e. The Labute approximate surface area is 159 Å². The summed E-state index contributed by atoms with van der Waals surface area (Å²) in [7, 11) is 0. The Hall–Kier alpha value is -3.79. The van der Waals surface area contributed by atoms with Crippen LogP contribution in [0.15, 0.2) is 60.9 Å². The van der Waals surface area contributed by atoms with E-state index in [9.17, 15) is 13.6 Å². The van der Waals surface area contributed by atoms with Gasteiger partial charge in [-0.05, 0) is 47.5 Å². The minimum atomic E-state index is -1.03.